The molecule has 1 rings (SSSR count). The lowest BCUT2D eigenvalue weighted by Crippen LogP contribution is -2.22. The number of anilines is 2. The lowest BCUT2D eigenvalue weighted by molar-refractivity contribution is -0.138. The first-order valence-electron chi connectivity index (χ1n) is 5.00. The van der Waals surface area contributed by atoms with E-state index in [1.807, 2.05) is 0 Å². The Morgan fingerprint density at radius 1 is 1.41 bits per heavy atom. The number of nitrogens with one attached hydrogen (secondary N) is 2. The van der Waals surface area contributed by atoms with Crippen molar-refractivity contribution in [2.24, 2.45) is 0 Å². The van der Waals surface area contributed by atoms with Gasteiger partial charge >= 0.3 is 5.97 Å². The molecule has 92 valence electrons. The van der Waals surface area contributed by atoms with Gasteiger partial charge in [-0.25, -0.2) is 0 Å². The van der Waals surface area contributed by atoms with Gasteiger partial charge in [0, 0.05) is 18.4 Å². The smallest absolute Gasteiger partial charge is 0.325 e. The fourth-order valence-corrected chi connectivity index (χ4v) is 1.28. The van der Waals surface area contributed by atoms with Crippen LogP contribution >= 0.6 is 0 Å². The Hall–Kier alpha value is -2.24. The van der Waals surface area contributed by atoms with Crippen molar-refractivity contribution in [3.05, 3.63) is 23.8 Å². The van der Waals surface area contributed by atoms with Crippen LogP contribution in [0.3, 0.4) is 0 Å². The van der Waals surface area contributed by atoms with E-state index in [0.29, 0.717) is 16.9 Å². The van der Waals surface area contributed by atoms with E-state index in [1.165, 1.54) is 14.2 Å². The quantitative estimate of drug-likeness (QED) is 0.514. The summed E-state index contributed by atoms with van der Waals surface area (Å²) in [7, 11) is 2.83. The molecule has 0 fully saturated rings. The van der Waals surface area contributed by atoms with Crippen LogP contribution in [0.15, 0.2) is 18.2 Å². The Bertz CT molecular complexity index is 432. The van der Waals surface area contributed by atoms with Crippen molar-refractivity contribution in [3.63, 3.8) is 0 Å². The summed E-state index contributed by atoms with van der Waals surface area (Å²) in [4.78, 5) is 22.6. The van der Waals surface area contributed by atoms with Crippen LogP contribution in [0.5, 0.6) is 0 Å². The average molecular weight is 237 g/mol. The summed E-state index contributed by atoms with van der Waals surface area (Å²) in [6, 6.07) is 4.80. The van der Waals surface area contributed by atoms with Gasteiger partial charge in [0.05, 0.1) is 12.7 Å². The van der Waals surface area contributed by atoms with Gasteiger partial charge in [0.25, 0.3) is 5.91 Å². The minimum Gasteiger partial charge on any atom is -0.468 e. The number of hydrogen-bond acceptors (Lipinski definition) is 5. The number of ether oxygens (including phenoxy) is 1. The van der Waals surface area contributed by atoms with E-state index < -0.39 is 5.97 Å². The molecule has 0 bridgehead atoms. The van der Waals surface area contributed by atoms with E-state index >= 15 is 0 Å². The topological polar surface area (TPSA) is 93.5 Å². The molecule has 0 unspecified atom stereocenters. The van der Waals surface area contributed by atoms with Crippen molar-refractivity contribution in [2.75, 3.05) is 31.8 Å². The molecule has 0 radical (unpaired) electrons. The minimum absolute atomic E-state index is 0.0239. The van der Waals surface area contributed by atoms with E-state index in [4.69, 9.17) is 5.73 Å². The lowest BCUT2D eigenvalue weighted by atomic mass is 10.1. The van der Waals surface area contributed by atoms with Gasteiger partial charge < -0.3 is 21.1 Å². The molecule has 1 amide bonds. The molecule has 6 nitrogen and oxygen atoms in total. The Morgan fingerprint density at radius 3 is 2.71 bits per heavy atom. The third-order valence-corrected chi connectivity index (χ3v) is 2.17. The van der Waals surface area contributed by atoms with Gasteiger partial charge in [0.15, 0.2) is 0 Å². The van der Waals surface area contributed by atoms with E-state index in [1.54, 1.807) is 18.2 Å². The van der Waals surface area contributed by atoms with Crippen LogP contribution in [-0.4, -0.2) is 32.6 Å². The average Bonchev–Trinajstić information content (AvgIpc) is 2.35. The van der Waals surface area contributed by atoms with E-state index in [-0.39, 0.29) is 12.5 Å². The van der Waals surface area contributed by atoms with Crippen LogP contribution in [0.2, 0.25) is 0 Å². The number of esters is 1. The first-order valence-corrected chi connectivity index (χ1v) is 5.00. The molecule has 0 saturated heterocycles. The molecule has 0 aliphatic carbocycles. The van der Waals surface area contributed by atoms with Crippen molar-refractivity contribution in [1.82, 2.24) is 5.32 Å². The zero-order chi connectivity index (χ0) is 12.8. The molecule has 1 aromatic rings. The molecule has 0 heterocycles. The molecule has 1 aromatic carbocycles. The number of rotatable bonds is 4. The van der Waals surface area contributed by atoms with Gasteiger partial charge in [0.1, 0.15) is 6.54 Å². The second-order valence-corrected chi connectivity index (χ2v) is 3.31. The lowest BCUT2D eigenvalue weighted by Gasteiger charge is -2.11. The number of benzene rings is 1. The molecule has 0 aliphatic heterocycles. The molecule has 0 saturated carbocycles. The van der Waals surface area contributed by atoms with Crippen LogP contribution in [0.4, 0.5) is 11.4 Å². The Kier molecular flexibility index (Phi) is 4.33. The number of nitrogen functional groups attached to an aromatic ring is 1. The molecule has 0 spiro atoms. The van der Waals surface area contributed by atoms with Crippen LogP contribution in [0, 0.1) is 0 Å². The SMILES string of the molecule is CNC(=O)c1ccc(N)cc1NCC(=O)OC. The largest absolute Gasteiger partial charge is 0.468 e. The maximum absolute atomic E-state index is 11.6. The Balaban J connectivity index is 2.91. The van der Waals surface area contributed by atoms with Crippen molar-refractivity contribution in [2.45, 2.75) is 0 Å². The zero-order valence-corrected chi connectivity index (χ0v) is 9.74. The van der Waals surface area contributed by atoms with Gasteiger partial charge in [-0.05, 0) is 18.2 Å². The third-order valence-electron chi connectivity index (χ3n) is 2.17. The Morgan fingerprint density at radius 2 is 2.12 bits per heavy atom. The summed E-state index contributed by atoms with van der Waals surface area (Å²) in [6.45, 7) is -0.0239. The van der Waals surface area contributed by atoms with Crippen LogP contribution in [-0.2, 0) is 9.53 Å². The van der Waals surface area contributed by atoms with Crippen molar-refractivity contribution in [1.29, 1.82) is 0 Å². The maximum Gasteiger partial charge on any atom is 0.325 e. The highest BCUT2D eigenvalue weighted by atomic mass is 16.5. The van der Waals surface area contributed by atoms with E-state index in [9.17, 15) is 9.59 Å². The standard InChI is InChI=1S/C11H15N3O3/c1-13-11(16)8-4-3-7(12)5-9(8)14-6-10(15)17-2/h3-5,14H,6,12H2,1-2H3,(H,13,16). The molecule has 6 heteroatoms. The highest BCUT2D eigenvalue weighted by Gasteiger charge is 2.11. The normalized spacial score (nSPS) is 9.53. The summed E-state index contributed by atoms with van der Waals surface area (Å²) in [6.07, 6.45) is 0. The summed E-state index contributed by atoms with van der Waals surface area (Å²) < 4.78 is 4.50. The third kappa shape index (κ3) is 3.37. The monoisotopic (exact) mass is 237 g/mol. The summed E-state index contributed by atoms with van der Waals surface area (Å²) in [5.41, 5.74) is 7.04. The number of carbonyl (C=O) groups is 2. The van der Waals surface area contributed by atoms with E-state index in [2.05, 4.69) is 15.4 Å². The second kappa shape index (κ2) is 5.74. The number of nitrogens with two attached hydrogens (primary N) is 1. The molecule has 0 atom stereocenters. The fraction of sp³-hybridized carbons (Fsp3) is 0.273. The zero-order valence-electron chi connectivity index (χ0n) is 9.74. The summed E-state index contributed by atoms with van der Waals surface area (Å²) in [5.74, 6) is -0.673. The van der Waals surface area contributed by atoms with Crippen molar-refractivity contribution in [3.8, 4) is 0 Å². The highest BCUT2D eigenvalue weighted by molar-refractivity contribution is 6.00. The minimum atomic E-state index is -0.421. The first kappa shape index (κ1) is 12.8. The highest BCUT2D eigenvalue weighted by Crippen LogP contribution is 2.18. The van der Waals surface area contributed by atoms with Crippen LogP contribution < -0.4 is 16.4 Å². The summed E-state index contributed by atoms with van der Waals surface area (Å²) >= 11 is 0. The van der Waals surface area contributed by atoms with Gasteiger partial charge in [-0.3, -0.25) is 9.59 Å². The van der Waals surface area contributed by atoms with Crippen LogP contribution in [0.25, 0.3) is 0 Å². The molecule has 17 heavy (non-hydrogen) atoms. The van der Waals surface area contributed by atoms with E-state index in [0.717, 1.165) is 0 Å². The predicted molar refractivity (Wildman–Crippen MR) is 64.8 cm³/mol. The molecular weight excluding hydrogens is 222 g/mol. The fourth-order valence-electron chi connectivity index (χ4n) is 1.28. The van der Waals surface area contributed by atoms with Gasteiger partial charge in [-0.15, -0.1) is 0 Å². The van der Waals surface area contributed by atoms with Gasteiger partial charge in [-0.2, -0.15) is 0 Å². The number of carbonyl (C=O) groups excluding carboxylic acids is 2. The van der Waals surface area contributed by atoms with Gasteiger partial charge in [-0.1, -0.05) is 0 Å². The number of amides is 1. The second-order valence-electron chi connectivity index (χ2n) is 3.31. The maximum atomic E-state index is 11.6. The van der Waals surface area contributed by atoms with Crippen LogP contribution in [0.1, 0.15) is 10.4 Å². The Labute approximate surface area is 99.1 Å². The molecule has 0 aliphatic rings. The van der Waals surface area contributed by atoms with Gasteiger partial charge in [0.2, 0.25) is 0 Å². The summed E-state index contributed by atoms with van der Waals surface area (Å²) in [5, 5.41) is 5.31. The number of hydrogen-bond donors (Lipinski definition) is 3. The number of methoxy groups -OCH3 is 1. The van der Waals surface area contributed by atoms with Crippen molar-refractivity contribution < 1.29 is 14.3 Å². The first-order chi connectivity index (χ1) is 8.08. The molecule has 0 aromatic heterocycles. The molecule has 4 N–H and O–H groups in total. The predicted octanol–water partition coefficient (Wildman–Crippen LogP) is 0.213. The van der Waals surface area contributed by atoms with Crippen molar-refractivity contribution >= 4 is 23.3 Å². The molecular formula is C11H15N3O3.